The minimum Gasteiger partial charge on any atom is -0.314 e. The van der Waals surface area contributed by atoms with E-state index in [0.29, 0.717) is 11.5 Å². The van der Waals surface area contributed by atoms with Crippen LogP contribution >= 0.6 is 0 Å². The molecule has 0 saturated heterocycles. The monoisotopic (exact) mass is 199 g/mol. The van der Waals surface area contributed by atoms with Gasteiger partial charge >= 0.3 is 0 Å². The topological polar surface area (TPSA) is 12.0 Å². The first-order valence-corrected chi connectivity index (χ1v) is 6.14. The maximum atomic E-state index is 3.68. The third kappa shape index (κ3) is 6.42. The highest BCUT2D eigenvalue weighted by molar-refractivity contribution is 4.78. The van der Waals surface area contributed by atoms with Gasteiger partial charge in [-0.05, 0) is 30.7 Å². The van der Waals surface area contributed by atoms with E-state index in [1.807, 2.05) is 0 Å². The van der Waals surface area contributed by atoms with Crippen molar-refractivity contribution in [3.05, 3.63) is 0 Å². The summed E-state index contributed by atoms with van der Waals surface area (Å²) in [5, 5.41) is 3.68. The van der Waals surface area contributed by atoms with E-state index in [0.717, 1.165) is 12.5 Å². The molecule has 14 heavy (non-hydrogen) atoms. The highest BCUT2D eigenvalue weighted by atomic mass is 14.9. The first-order valence-electron chi connectivity index (χ1n) is 6.14. The van der Waals surface area contributed by atoms with Crippen molar-refractivity contribution in [1.82, 2.24) is 5.32 Å². The fourth-order valence-corrected chi connectivity index (χ4v) is 1.75. The Balaban J connectivity index is 4.10. The standard InChI is InChI=1S/C13H29N/c1-7-9-14-12(11(3)8-2)10-13(4,5)6/h11-12,14H,7-10H2,1-6H3. The SMILES string of the molecule is CCCNC(CC(C)(C)C)C(C)CC. The third-order valence-corrected chi connectivity index (χ3v) is 2.82. The molecule has 0 aromatic rings. The van der Waals surface area contributed by atoms with Gasteiger partial charge in [-0.15, -0.1) is 0 Å². The van der Waals surface area contributed by atoms with Crippen LogP contribution in [0.15, 0.2) is 0 Å². The Hall–Kier alpha value is -0.0400. The van der Waals surface area contributed by atoms with Crippen molar-refractivity contribution in [2.75, 3.05) is 6.54 Å². The predicted octanol–water partition coefficient (Wildman–Crippen LogP) is 3.84. The average Bonchev–Trinajstić information content (AvgIpc) is 2.09. The Morgan fingerprint density at radius 2 is 1.71 bits per heavy atom. The second kappa shape index (κ2) is 6.44. The maximum Gasteiger partial charge on any atom is 0.00975 e. The molecule has 1 nitrogen and oxygen atoms in total. The summed E-state index contributed by atoms with van der Waals surface area (Å²) in [6.07, 6.45) is 3.79. The fourth-order valence-electron chi connectivity index (χ4n) is 1.75. The first-order chi connectivity index (χ1) is 6.40. The molecule has 0 saturated carbocycles. The third-order valence-electron chi connectivity index (χ3n) is 2.82. The van der Waals surface area contributed by atoms with Crippen LogP contribution in [0.25, 0.3) is 0 Å². The van der Waals surface area contributed by atoms with E-state index in [9.17, 15) is 0 Å². The molecule has 0 heterocycles. The highest BCUT2D eigenvalue weighted by Crippen LogP contribution is 2.25. The van der Waals surface area contributed by atoms with Crippen LogP contribution < -0.4 is 5.32 Å². The summed E-state index contributed by atoms with van der Waals surface area (Å²) in [6.45, 7) is 15.0. The van der Waals surface area contributed by atoms with Crippen molar-refractivity contribution in [2.45, 2.75) is 66.8 Å². The van der Waals surface area contributed by atoms with Crippen LogP contribution in [0.2, 0.25) is 0 Å². The van der Waals surface area contributed by atoms with E-state index in [-0.39, 0.29) is 0 Å². The highest BCUT2D eigenvalue weighted by Gasteiger charge is 2.21. The maximum absolute atomic E-state index is 3.68. The molecular formula is C13H29N. The molecule has 0 aliphatic heterocycles. The van der Waals surface area contributed by atoms with Gasteiger partial charge < -0.3 is 5.32 Å². The molecule has 1 heteroatoms. The molecule has 0 spiro atoms. The van der Waals surface area contributed by atoms with Crippen molar-refractivity contribution in [3.63, 3.8) is 0 Å². The van der Waals surface area contributed by atoms with Gasteiger partial charge in [0.1, 0.15) is 0 Å². The lowest BCUT2D eigenvalue weighted by Crippen LogP contribution is -2.38. The largest absolute Gasteiger partial charge is 0.314 e. The van der Waals surface area contributed by atoms with E-state index in [2.05, 4.69) is 46.9 Å². The van der Waals surface area contributed by atoms with Crippen LogP contribution in [-0.4, -0.2) is 12.6 Å². The van der Waals surface area contributed by atoms with Gasteiger partial charge in [0, 0.05) is 6.04 Å². The minimum absolute atomic E-state index is 0.439. The normalized spacial score (nSPS) is 16.7. The van der Waals surface area contributed by atoms with Crippen molar-refractivity contribution >= 4 is 0 Å². The van der Waals surface area contributed by atoms with Crippen molar-refractivity contribution in [3.8, 4) is 0 Å². The van der Waals surface area contributed by atoms with E-state index in [1.165, 1.54) is 19.3 Å². The van der Waals surface area contributed by atoms with Crippen molar-refractivity contribution in [2.24, 2.45) is 11.3 Å². The lowest BCUT2D eigenvalue weighted by Gasteiger charge is -2.31. The van der Waals surface area contributed by atoms with E-state index in [4.69, 9.17) is 0 Å². The molecule has 0 aromatic carbocycles. The van der Waals surface area contributed by atoms with E-state index >= 15 is 0 Å². The molecule has 0 amide bonds. The lowest BCUT2D eigenvalue weighted by molar-refractivity contribution is 0.252. The summed E-state index contributed by atoms with van der Waals surface area (Å²) in [6, 6.07) is 0.694. The zero-order valence-electron chi connectivity index (χ0n) is 11.0. The summed E-state index contributed by atoms with van der Waals surface area (Å²) in [5.74, 6) is 0.792. The Bertz CT molecular complexity index is 135. The molecule has 0 fully saturated rings. The second-order valence-electron chi connectivity index (χ2n) is 5.71. The van der Waals surface area contributed by atoms with Crippen LogP contribution in [0.5, 0.6) is 0 Å². The number of nitrogens with one attached hydrogen (secondary N) is 1. The number of rotatable bonds is 6. The summed E-state index contributed by atoms with van der Waals surface area (Å²) in [5.41, 5.74) is 0.439. The van der Waals surface area contributed by atoms with Gasteiger partial charge in [-0.25, -0.2) is 0 Å². The summed E-state index contributed by atoms with van der Waals surface area (Å²) in [7, 11) is 0. The molecule has 0 aromatic heterocycles. The molecule has 1 N–H and O–H groups in total. The van der Waals surface area contributed by atoms with Gasteiger partial charge in [0.05, 0.1) is 0 Å². The fraction of sp³-hybridized carbons (Fsp3) is 1.00. The summed E-state index contributed by atoms with van der Waals surface area (Å²) < 4.78 is 0. The van der Waals surface area contributed by atoms with Crippen LogP contribution in [-0.2, 0) is 0 Å². The zero-order valence-corrected chi connectivity index (χ0v) is 11.0. The van der Waals surface area contributed by atoms with Gasteiger partial charge in [0.2, 0.25) is 0 Å². The molecule has 0 rings (SSSR count). The average molecular weight is 199 g/mol. The van der Waals surface area contributed by atoms with Gasteiger partial charge in [-0.1, -0.05) is 48.0 Å². The summed E-state index contributed by atoms with van der Waals surface area (Å²) in [4.78, 5) is 0. The van der Waals surface area contributed by atoms with Crippen LogP contribution in [0.4, 0.5) is 0 Å². The Morgan fingerprint density at radius 1 is 1.14 bits per heavy atom. The Kier molecular flexibility index (Phi) is 6.43. The van der Waals surface area contributed by atoms with Crippen LogP contribution in [0, 0.1) is 11.3 Å². The Labute approximate surface area is 90.7 Å². The first kappa shape index (κ1) is 14.0. The molecule has 2 unspecified atom stereocenters. The molecule has 86 valence electrons. The smallest absolute Gasteiger partial charge is 0.00975 e. The molecular weight excluding hydrogens is 170 g/mol. The molecule has 0 aliphatic rings. The van der Waals surface area contributed by atoms with Gasteiger partial charge in [-0.2, -0.15) is 0 Å². The predicted molar refractivity (Wildman–Crippen MR) is 65.6 cm³/mol. The summed E-state index contributed by atoms with van der Waals surface area (Å²) >= 11 is 0. The van der Waals surface area contributed by atoms with Gasteiger partial charge in [0.15, 0.2) is 0 Å². The van der Waals surface area contributed by atoms with Crippen molar-refractivity contribution in [1.29, 1.82) is 0 Å². The van der Waals surface area contributed by atoms with E-state index in [1.54, 1.807) is 0 Å². The van der Waals surface area contributed by atoms with Crippen molar-refractivity contribution < 1.29 is 0 Å². The lowest BCUT2D eigenvalue weighted by atomic mass is 9.82. The molecule has 2 atom stereocenters. The quantitative estimate of drug-likeness (QED) is 0.685. The van der Waals surface area contributed by atoms with Gasteiger partial charge in [0.25, 0.3) is 0 Å². The van der Waals surface area contributed by atoms with Gasteiger partial charge in [-0.3, -0.25) is 0 Å². The molecule has 0 aliphatic carbocycles. The number of hydrogen-bond donors (Lipinski definition) is 1. The Morgan fingerprint density at radius 3 is 2.07 bits per heavy atom. The zero-order chi connectivity index (χ0) is 11.2. The second-order valence-corrected chi connectivity index (χ2v) is 5.71. The van der Waals surface area contributed by atoms with Crippen LogP contribution in [0.3, 0.4) is 0 Å². The molecule has 0 radical (unpaired) electrons. The van der Waals surface area contributed by atoms with E-state index < -0.39 is 0 Å². The number of hydrogen-bond acceptors (Lipinski definition) is 1. The van der Waals surface area contributed by atoms with Crippen LogP contribution in [0.1, 0.15) is 60.8 Å². The minimum atomic E-state index is 0.439. The molecule has 0 bridgehead atoms.